The van der Waals surface area contributed by atoms with Gasteiger partial charge in [0, 0.05) is 28.9 Å². The van der Waals surface area contributed by atoms with Crippen LogP contribution in [0, 0.1) is 16.0 Å². The fourth-order valence-electron chi connectivity index (χ4n) is 2.82. The summed E-state index contributed by atoms with van der Waals surface area (Å²) in [5.74, 6) is 0.299. The summed E-state index contributed by atoms with van der Waals surface area (Å²) in [6.45, 7) is 0. The molecule has 1 aromatic heterocycles. The zero-order valence-electron chi connectivity index (χ0n) is 13.8. The second-order valence-electron chi connectivity index (χ2n) is 6.20. The predicted molar refractivity (Wildman–Crippen MR) is 104 cm³/mol. The third-order valence-electron chi connectivity index (χ3n) is 4.31. The predicted octanol–water partition coefficient (Wildman–Crippen LogP) is 5.67. The number of aromatic nitrogens is 2. The van der Waals surface area contributed by atoms with E-state index in [-0.39, 0.29) is 22.7 Å². The number of halogens is 2. The lowest BCUT2D eigenvalue weighted by Crippen LogP contribution is -2.02. The summed E-state index contributed by atoms with van der Waals surface area (Å²) in [4.78, 5) is 10.5. The smallest absolute Gasteiger partial charge is 0.277 e. The van der Waals surface area contributed by atoms with E-state index in [1.165, 1.54) is 23.9 Å². The third-order valence-corrected chi connectivity index (χ3v) is 6.40. The van der Waals surface area contributed by atoms with Crippen molar-refractivity contribution in [2.24, 2.45) is 5.92 Å². The lowest BCUT2D eigenvalue weighted by Gasteiger charge is -2.15. The number of hydrogen-bond acceptors (Lipinski definition) is 6. The molecule has 1 fully saturated rings. The summed E-state index contributed by atoms with van der Waals surface area (Å²) < 4.78 is 4.98. The summed E-state index contributed by atoms with van der Waals surface area (Å²) in [7, 11) is 0. The van der Waals surface area contributed by atoms with E-state index in [0.29, 0.717) is 17.2 Å². The molecule has 6 nitrogen and oxygen atoms in total. The van der Waals surface area contributed by atoms with E-state index in [2.05, 4.69) is 10.2 Å². The number of alkyl halides is 2. The maximum Gasteiger partial charge on any atom is 0.277 e. The van der Waals surface area contributed by atoms with Gasteiger partial charge in [0.25, 0.3) is 10.9 Å². The molecule has 0 spiro atoms. The molecule has 0 saturated heterocycles. The topological polar surface area (TPSA) is 82.1 Å². The molecular weight excluding hydrogens is 409 g/mol. The highest BCUT2D eigenvalue weighted by atomic mass is 35.5. The van der Waals surface area contributed by atoms with Gasteiger partial charge in [0.2, 0.25) is 5.89 Å². The molecule has 4 rings (SSSR count). The van der Waals surface area contributed by atoms with Crippen LogP contribution in [0.25, 0.3) is 11.5 Å². The van der Waals surface area contributed by atoms with Gasteiger partial charge < -0.3 is 4.42 Å². The van der Waals surface area contributed by atoms with Gasteiger partial charge in [-0.25, -0.2) is 0 Å². The Morgan fingerprint density at radius 3 is 2.59 bits per heavy atom. The molecule has 1 aliphatic carbocycles. The van der Waals surface area contributed by atoms with E-state index in [0.717, 1.165) is 5.56 Å². The van der Waals surface area contributed by atoms with E-state index in [1.807, 2.05) is 30.3 Å². The number of non-ortho nitro benzene ring substituents is 1. The van der Waals surface area contributed by atoms with Gasteiger partial charge in [-0.15, -0.1) is 33.4 Å². The van der Waals surface area contributed by atoms with Crippen molar-refractivity contribution in [1.29, 1.82) is 0 Å². The lowest BCUT2D eigenvalue weighted by molar-refractivity contribution is -0.384. The van der Waals surface area contributed by atoms with Crippen LogP contribution < -0.4 is 0 Å². The number of nitro groups is 1. The lowest BCUT2D eigenvalue weighted by atomic mass is 10.1. The first-order valence-electron chi connectivity index (χ1n) is 8.12. The Morgan fingerprint density at radius 1 is 1.19 bits per heavy atom. The number of hydrogen-bond donors (Lipinski definition) is 0. The van der Waals surface area contributed by atoms with Gasteiger partial charge >= 0.3 is 0 Å². The van der Waals surface area contributed by atoms with Crippen molar-refractivity contribution in [3.05, 3.63) is 70.3 Å². The van der Waals surface area contributed by atoms with Crippen LogP contribution in [0.3, 0.4) is 0 Å². The van der Waals surface area contributed by atoms with Crippen LogP contribution in [0.1, 0.15) is 17.2 Å². The first-order chi connectivity index (χ1) is 12.9. The second-order valence-corrected chi connectivity index (χ2v) is 8.84. The first-order valence-corrected chi connectivity index (χ1v) is 9.75. The third kappa shape index (κ3) is 3.95. The molecule has 2 unspecified atom stereocenters. The highest BCUT2D eigenvalue weighted by Gasteiger charge is 2.56. The van der Waals surface area contributed by atoms with Gasteiger partial charge in [0.1, 0.15) is 4.33 Å². The molecule has 0 aliphatic heterocycles. The highest BCUT2D eigenvalue weighted by molar-refractivity contribution is 7.99. The molecular formula is C18H13Cl2N3O3S. The van der Waals surface area contributed by atoms with E-state index in [4.69, 9.17) is 27.6 Å². The molecule has 1 heterocycles. The van der Waals surface area contributed by atoms with Crippen LogP contribution in [0.2, 0.25) is 0 Å². The van der Waals surface area contributed by atoms with Gasteiger partial charge in [-0.3, -0.25) is 10.1 Å². The summed E-state index contributed by atoms with van der Waals surface area (Å²) in [6.07, 6.45) is 0.689. The average molecular weight is 422 g/mol. The summed E-state index contributed by atoms with van der Waals surface area (Å²) in [5, 5.41) is 19.4. The molecule has 0 radical (unpaired) electrons. The minimum atomic E-state index is -0.754. The van der Waals surface area contributed by atoms with Crippen molar-refractivity contribution in [1.82, 2.24) is 10.2 Å². The molecule has 2 atom stereocenters. The van der Waals surface area contributed by atoms with Crippen molar-refractivity contribution in [3.63, 3.8) is 0 Å². The highest BCUT2D eigenvalue weighted by Crippen LogP contribution is 2.63. The molecule has 1 saturated carbocycles. The SMILES string of the molecule is O=[N+]([O-])c1cccc(-c2nnc(SC(c3ccccc3)C3CC3(Cl)Cl)o2)c1. The maximum atomic E-state index is 10.9. The van der Waals surface area contributed by atoms with E-state index >= 15 is 0 Å². The fourth-order valence-corrected chi connectivity index (χ4v) is 4.78. The normalized spacial score (nSPS) is 18.8. The quantitative estimate of drug-likeness (QED) is 0.220. The number of nitrogens with zero attached hydrogens (tertiary/aromatic N) is 3. The Morgan fingerprint density at radius 2 is 1.93 bits per heavy atom. The van der Waals surface area contributed by atoms with Crippen LogP contribution >= 0.6 is 35.0 Å². The van der Waals surface area contributed by atoms with Crippen LogP contribution in [0.15, 0.2) is 64.2 Å². The van der Waals surface area contributed by atoms with Crippen molar-refractivity contribution in [2.75, 3.05) is 0 Å². The van der Waals surface area contributed by atoms with Crippen molar-refractivity contribution < 1.29 is 9.34 Å². The minimum Gasteiger partial charge on any atom is -0.411 e. The van der Waals surface area contributed by atoms with Crippen molar-refractivity contribution >= 4 is 40.7 Å². The molecule has 1 aliphatic rings. The Bertz CT molecular complexity index is 981. The minimum absolute atomic E-state index is 0.0281. The van der Waals surface area contributed by atoms with E-state index in [1.54, 1.807) is 12.1 Å². The fraction of sp³-hybridized carbons (Fsp3) is 0.222. The van der Waals surface area contributed by atoms with E-state index in [9.17, 15) is 10.1 Å². The summed E-state index contributed by atoms with van der Waals surface area (Å²) >= 11 is 14.0. The van der Waals surface area contributed by atoms with Gasteiger partial charge in [-0.2, -0.15) is 0 Å². The molecule has 138 valence electrons. The zero-order valence-corrected chi connectivity index (χ0v) is 16.1. The standard InChI is InChI=1S/C18H13Cl2N3O3S/c19-18(20)10-14(18)15(11-5-2-1-3-6-11)27-17-22-21-16(26-17)12-7-4-8-13(9-12)23(24)25/h1-9,14-15H,10H2. The van der Waals surface area contributed by atoms with Crippen molar-refractivity contribution in [2.45, 2.75) is 21.2 Å². The number of nitro benzene ring substituents is 1. The largest absolute Gasteiger partial charge is 0.411 e. The molecule has 0 amide bonds. The Balaban J connectivity index is 1.59. The van der Waals surface area contributed by atoms with Gasteiger partial charge in [0.15, 0.2) is 0 Å². The average Bonchev–Trinajstić information content (AvgIpc) is 3.07. The van der Waals surface area contributed by atoms with Gasteiger partial charge in [-0.05, 0) is 18.1 Å². The van der Waals surface area contributed by atoms with Crippen LogP contribution in [0.5, 0.6) is 0 Å². The molecule has 2 aromatic carbocycles. The van der Waals surface area contributed by atoms with Crippen LogP contribution in [0.4, 0.5) is 5.69 Å². The Labute approximate surface area is 169 Å². The van der Waals surface area contributed by atoms with Gasteiger partial charge in [-0.1, -0.05) is 48.2 Å². The van der Waals surface area contributed by atoms with E-state index < -0.39 is 9.26 Å². The van der Waals surface area contributed by atoms with Crippen LogP contribution in [-0.2, 0) is 0 Å². The van der Waals surface area contributed by atoms with Crippen molar-refractivity contribution in [3.8, 4) is 11.5 Å². The number of benzene rings is 2. The van der Waals surface area contributed by atoms with Crippen LogP contribution in [-0.4, -0.2) is 19.5 Å². The Kier molecular flexibility index (Phi) is 4.84. The monoisotopic (exact) mass is 421 g/mol. The number of thioether (sulfide) groups is 1. The number of rotatable bonds is 6. The summed E-state index contributed by atoms with van der Waals surface area (Å²) in [6, 6.07) is 16.0. The second kappa shape index (κ2) is 7.14. The first kappa shape index (κ1) is 18.3. The zero-order chi connectivity index (χ0) is 19.0. The summed E-state index contributed by atoms with van der Waals surface area (Å²) in [5.41, 5.74) is 1.54. The maximum absolute atomic E-state index is 10.9. The van der Waals surface area contributed by atoms with Gasteiger partial charge in [0.05, 0.1) is 4.92 Å². The Hall–Kier alpha value is -2.09. The molecule has 0 N–H and O–H groups in total. The molecule has 27 heavy (non-hydrogen) atoms. The molecule has 9 heteroatoms. The molecule has 3 aromatic rings. The molecule has 0 bridgehead atoms.